The molecule has 2 aromatic heterocycles. The largest absolute Gasteiger partial charge is 0.279 e. The van der Waals surface area contributed by atoms with Crippen molar-refractivity contribution in [2.45, 2.75) is 11.9 Å². The summed E-state index contributed by atoms with van der Waals surface area (Å²) in [5.41, 5.74) is 0. The summed E-state index contributed by atoms with van der Waals surface area (Å²) in [7, 11) is -2.35. The molecule has 1 unspecified atom stereocenters. The van der Waals surface area contributed by atoms with Crippen LogP contribution in [0.4, 0.5) is 0 Å². The molecule has 102 valence electrons. The summed E-state index contributed by atoms with van der Waals surface area (Å²) in [4.78, 5) is 4.52. The van der Waals surface area contributed by atoms with E-state index < -0.39 is 15.9 Å². The molecule has 0 saturated carbocycles. The lowest BCUT2D eigenvalue weighted by Gasteiger charge is -2.17. The molecule has 0 N–H and O–H groups in total. The lowest BCUT2D eigenvalue weighted by molar-refractivity contribution is 0.436. The van der Waals surface area contributed by atoms with Gasteiger partial charge in [-0.3, -0.25) is 4.40 Å². The van der Waals surface area contributed by atoms with Crippen LogP contribution in [0.5, 0.6) is 0 Å². The van der Waals surface area contributed by atoms with Gasteiger partial charge in [-0.1, -0.05) is 11.6 Å². The van der Waals surface area contributed by atoms with Crippen LogP contribution in [0.3, 0.4) is 0 Å². The number of hydrogen-bond acceptors (Lipinski definition) is 5. The third-order valence-corrected chi connectivity index (χ3v) is 5.57. The molecular formula is C10H11ClN4O2S2. The van der Waals surface area contributed by atoms with Gasteiger partial charge in [0.05, 0.1) is 12.0 Å². The summed E-state index contributed by atoms with van der Waals surface area (Å²) >= 11 is 7.21. The average molecular weight is 319 g/mol. The molecule has 2 rings (SSSR count). The molecule has 0 radical (unpaired) electrons. The Hall–Kier alpha value is -1.14. The highest BCUT2D eigenvalue weighted by Gasteiger charge is 2.29. The van der Waals surface area contributed by atoms with Gasteiger partial charge in [0.1, 0.15) is 0 Å². The van der Waals surface area contributed by atoms with Crippen molar-refractivity contribution in [1.82, 2.24) is 13.7 Å². The zero-order chi connectivity index (χ0) is 14.2. The Balaban J connectivity index is 2.47. The van der Waals surface area contributed by atoms with Gasteiger partial charge in [0.2, 0.25) is 0 Å². The van der Waals surface area contributed by atoms with Crippen molar-refractivity contribution in [3.63, 3.8) is 0 Å². The molecule has 2 aromatic rings. The fraction of sp³-hybridized carbons (Fsp3) is 0.400. The highest BCUT2D eigenvalue weighted by atomic mass is 35.5. The van der Waals surface area contributed by atoms with E-state index in [9.17, 15) is 8.42 Å². The zero-order valence-corrected chi connectivity index (χ0v) is 12.6. The van der Waals surface area contributed by atoms with Crippen LogP contribution in [-0.4, -0.2) is 35.7 Å². The molecule has 1 atom stereocenters. The van der Waals surface area contributed by atoms with E-state index in [4.69, 9.17) is 16.9 Å². The smallest absolute Gasteiger partial charge is 0.262 e. The van der Waals surface area contributed by atoms with Gasteiger partial charge in [0.15, 0.2) is 15.1 Å². The normalized spacial score (nSPS) is 13.8. The van der Waals surface area contributed by atoms with E-state index in [0.717, 1.165) is 4.31 Å². The lowest BCUT2D eigenvalue weighted by atomic mass is 10.2. The maximum atomic E-state index is 12.5. The molecule has 0 spiro atoms. The molecule has 0 amide bonds. The fourth-order valence-electron chi connectivity index (χ4n) is 1.64. The number of aromatic nitrogens is 2. The minimum absolute atomic E-state index is 0.0525. The van der Waals surface area contributed by atoms with E-state index in [1.807, 2.05) is 6.07 Å². The van der Waals surface area contributed by atoms with E-state index in [0.29, 0.717) is 4.96 Å². The molecule has 2 heterocycles. The second kappa shape index (κ2) is 5.09. The molecule has 9 heteroatoms. The van der Waals surface area contributed by atoms with Crippen molar-refractivity contribution in [1.29, 1.82) is 5.26 Å². The molecule has 6 nitrogen and oxygen atoms in total. The molecule has 0 bridgehead atoms. The van der Waals surface area contributed by atoms with Crippen molar-refractivity contribution < 1.29 is 8.42 Å². The Labute approximate surface area is 119 Å². The third-order valence-electron chi connectivity index (χ3n) is 2.58. The molecule has 0 saturated heterocycles. The first-order valence-corrected chi connectivity index (χ1v) is 8.04. The zero-order valence-electron chi connectivity index (χ0n) is 10.2. The topological polar surface area (TPSA) is 78.5 Å². The van der Waals surface area contributed by atoms with Gasteiger partial charge >= 0.3 is 0 Å². The van der Waals surface area contributed by atoms with Crippen LogP contribution in [0.25, 0.3) is 4.96 Å². The fourth-order valence-corrected chi connectivity index (χ4v) is 4.30. The number of rotatable bonds is 4. The highest BCUT2D eigenvalue weighted by molar-refractivity contribution is 7.89. The SMILES string of the molecule is CC(C#N)CN(C)S(=O)(=O)c1c(Cl)nc2sccn12. The molecule has 0 aliphatic carbocycles. The number of halogens is 1. The summed E-state index contributed by atoms with van der Waals surface area (Å²) in [5, 5.41) is 10.4. The van der Waals surface area contributed by atoms with Crippen LogP contribution in [0, 0.1) is 17.2 Å². The first-order chi connectivity index (χ1) is 8.87. The molecule has 0 aliphatic heterocycles. The first kappa shape index (κ1) is 14.3. The monoisotopic (exact) mass is 318 g/mol. The molecule has 0 fully saturated rings. The number of imidazole rings is 1. The van der Waals surface area contributed by atoms with Gasteiger partial charge in [-0.25, -0.2) is 13.4 Å². The molecule has 0 aliphatic rings. The van der Waals surface area contributed by atoms with Crippen molar-refractivity contribution in [2.75, 3.05) is 13.6 Å². The second-order valence-electron chi connectivity index (χ2n) is 4.08. The summed E-state index contributed by atoms with van der Waals surface area (Å²) in [6.07, 6.45) is 1.60. The minimum Gasteiger partial charge on any atom is -0.279 e. The summed E-state index contributed by atoms with van der Waals surface area (Å²) in [5.74, 6) is -0.399. The summed E-state index contributed by atoms with van der Waals surface area (Å²) in [6, 6.07) is 2.00. The Kier molecular flexibility index (Phi) is 3.82. The van der Waals surface area contributed by atoms with Gasteiger partial charge in [-0.05, 0) is 6.92 Å². The number of nitriles is 1. The predicted molar refractivity (Wildman–Crippen MR) is 72.7 cm³/mol. The number of sulfonamides is 1. The van der Waals surface area contributed by atoms with Gasteiger partial charge in [-0.15, -0.1) is 11.3 Å². The van der Waals surface area contributed by atoms with E-state index >= 15 is 0 Å². The number of hydrogen-bond donors (Lipinski definition) is 0. The average Bonchev–Trinajstić information content (AvgIpc) is 2.87. The third kappa shape index (κ3) is 2.47. The Morgan fingerprint density at radius 1 is 1.68 bits per heavy atom. The van der Waals surface area contributed by atoms with Crippen molar-refractivity contribution >= 4 is 37.9 Å². The maximum Gasteiger partial charge on any atom is 0.262 e. The van der Waals surface area contributed by atoms with Crippen LogP contribution in [0.15, 0.2) is 16.6 Å². The van der Waals surface area contributed by atoms with Gasteiger partial charge in [-0.2, -0.15) is 9.57 Å². The minimum atomic E-state index is -3.77. The maximum absolute atomic E-state index is 12.5. The van der Waals surface area contributed by atoms with Crippen LogP contribution in [0.1, 0.15) is 6.92 Å². The summed E-state index contributed by atoms with van der Waals surface area (Å²) in [6.45, 7) is 1.76. The van der Waals surface area contributed by atoms with E-state index in [1.165, 1.54) is 22.8 Å². The van der Waals surface area contributed by atoms with Crippen LogP contribution < -0.4 is 0 Å². The number of thiazole rings is 1. The summed E-state index contributed by atoms with van der Waals surface area (Å²) < 4.78 is 27.5. The number of nitrogens with zero attached hydrogens (tertiary/aromatic N) is 4. The van der Waals surface area contributed by atoms with Gasteiger partial charge in [0.25, 0.3) is 10.0 Å². The molecule has 0 aromatic carbocycles. The van der Waals surface area contributed by atoms with Crippen LogP contribution in [0.2, 0.25) is 5.15 Å². The predicted octanol–water partition coefficient (Wildman–Crippen LogP) is 1.83. The van der Waals surface area contributed by atoms with Crippen molar-refractivity contribution in [3.8, 4) is 6.07 Å². The Bertz CT molecular complexity index is 743. The van der Waals surface area contributed by atoms with Crippen LogP contribution >= 0.6 is 22.9 Å². The van der Waals surface area contributed by atoms with E-state index in [1.54, 1.807) is 18.5 Å². The second-order valence-corrected chi connectivity index (χ2v) is 7.27. The van der Waals surface area contributed by atoms with Crippen molar-refractivity contribution in [3.05, 3.63) is 16.7 Å². The molecular weight excluding hydrogens is 308 g/mol. The van der Waals surface area contributed by atoms with Crippen LogP contribution in [-0.2, 0) is 10.0 Å². The molecule has 19 heavy (non-hydrogen) atoms. The first-order valence-electron chi connectivity index (χ1n) is 5.35. The van der Waals surface area contributed by atoms with E-state index in [-0.39, 0.29) is 16.7 Å². The number of fused-ring (bicyclic) bond motifs is 1. The standard InChI is InChI=1S/C10H11ClN4O2S2/c1-7(5-12)6-14(2)19(16,17)9-8(11)13-10-15(9)3-4-18-10/h3-4,7H,6H2,1-2H3. The van der Waals surface area contributed by atoms with Gasteiger partial charge in [0, 0.05) is 25.2 Å². The Morgan fingerprint density at radius 3 is 3.00 bits per heavy atom. The Morgan fingerprint density at radius 2 is 2.37 bits per heavy atom. The lowest BCUT2D eigenvalue weighted by Crippen LogP contribution is -2.31. The van der Waals surface area contributed by atoms with E-state index in [2.05, 4.69) is 4.98 Å². The van der Waals surface area contributed by atoms with Crippen molar-refractivity contribution in [2.24, 2.45) is 5.92 Å². The highest BCUT2D eigenvalue weighted by Crippen LogP contribution is 2.27. The van der Waals surface area contributed by atoms with Gasteiger partial charge < -0.3 is 0 Å². The quantitative estimate of drug-likeness (QED) is 0.861.